The normalized spacial score (nSPS) is 10.2. The summed E-state index contributed by atoms with van der Waals surface area (Å²) in [6.45, 7) is 3.77. The minimum absolute atomic E-state index is 0.420. The Morgan fingerprint density at radius 2 is 2.06 bits per heavy atom. The highest BCUT2D eigenvalue weighted by Crippen LogP contribution is 2.31. The molecule has 0 saturated carbocycles. The molecule has 94 valence electrons. The number of hydrogen-bond donors (Lipinski definition) is 2. The van der Waals surface area contributed by atoms with Gasteiger partial charge in [-0.05, 0) is 31.5 Å². The average molecular weight is 265 g/mol. The van der Waals surface area contributed by atoms with Crippen LogP contribution in [0.5, 0.6) is 11.6 Å². The van der Waals surface area contributed by atoms with E-state index in [1.165, 1.54) is 6.33 Å². The molecule has 18 heavy (non-hydrogen) atoms. The molecule has 2 aromatic rings. The Bertz CT molecular complexity index is 574. The summed E-state index contributed by atoms with van der Waals surface area (Å²) in [4.78, 5) is 8.03. The predicted molar refractivity (Wildman–Crippen MR) is 70.8 cm³/mol. The number of ether oxygens (including phenoxy) is 1. The lowest BCUT2D eigenvalue weighted by Crippen LogP contribution is -2.11. The van der Waals surface area contributed by atoms with E-state index in [0.717, 1.165) is 11.1 Å². The van der Waals surface area contributed by atoms with Gasteiger partial charge >= 0.3 is 0 Å². The molecule has 0 fully saturated rings. The first-order chi connectivity index (χ1) is 8.61. The summed E-state index contributed by atoms with van der Waals surface area (Å²) in [5, 5.41) is 0.537. The third-order valence-corrected chi connectivity index (χ3v) is 2.76. The number of hydrogen-bond acceptors (Lipinski definition) is 5. The van der Waals surface area contributed by atoms with Crippen molar-refractivity contribution in [2.24, 2.45) is 5.84 Å². The van der Waals surface area contributed by atoms with E-state index in [9.17, 15) is 0 Å². The highest BCUT2D eigenvalue weighted by atomic mass is 35.5. The van der Waals surface area contributed by atoms with Crippen molar-refractivity contribution in [3.8, 4) is 11.6 Å². The first kappa shape index (κ1) is 12.6. The van der Waals surface area contributed by atoms with Crippen molar-refractivity contribution in [1.82, 2.24) is 9.97 Å². The van der Waals surface area contributed by atoms with Crippen molar-refractivity contribution in [2.45, 2.75) is 13.8 Å². The van der Waals surface area contributed by atoms with Crippen molar-refractivity contribution in [1.29, 1.82) is 0 Å². The van der Waals surface area contributed by atoms with Crippen LogP contribution in [0.1, 0.15) is 11.1 Å². The van der Waals surface area contributed by atoms with Gasteiger partial charge < -0.3 is 10.2 Å². The van der Waals surface area contributed by atoms with Crippen LogP contribution in [0.15, 0.2) is 24.5 Å². The van der Waals surface area contributed by atoms with Gasteiger partial charge in [-0.15, -0.1) is 0 Å². The van der Waals surface area contributed by atoms with Crippen LogP contribution in [-0.2, 0) is 0 Å². The molecule has 0 aliphatic heterocycles. The first-order valence-electron chi connectivity index (χ1n) is 5.34. The van der Waals surface area contributed by atoms with E-state index in [-0.39, 0.29) is 0 Å². The van der Waals surface area contributed by atoms with E-state index in [4.69, 9.17) is 22.2 Å². The molecule has 0 atom stereocenters. The SMILES string of the molecule is Cc1ccc(Oc2ncnc(NN)c2C)c(Cl)c1. The molecule has 0 spiro atoms. The maximum Gasteiger partial charge on any atom is 0.227 e. The van der Waals surface area contributed by atoms with Crippen LogP contribution in [-0.4, -0.2) is 9.97 Å². The standard InChI is InChI=1S/C12H13ClN4O/c1-7-3-4-10(9(13)5-7)18-12-8(2)11(17-14)15-6-16-12/h3-6H,14H2,1-2H3,(H,15,16,17). The molecule has 0 unspecified atom stereocenters. The van der Waals surface area contributed by atoms with Crippen LogP contribution in [0, 0.1) is 13.8 Å². The molecular weight excluding hydrogens is 252 g/mol. The Balaban J connectivity index is 2.34. The van der Waals surface area contributed by atoms with E-state index < -0.39 is 0 Å². The molecule has 3 N–H and O–H groups in total. The lowest BCUT2D eigenvalue weighted by Gasteiger charge is -2.11. The summed E-state index contributed by atoms with van der Waals surface area (Å²) in [5.41, 5.74) is 4.27. The smallest absolute Gasteiger partial charge is 0.227 e. The number of aryl methyl sites for hydroxylation is 1. The molecule has 0 amide bonds. The van der Waals surface area contributed by atoms with Crippen LogP contribution in [0.25, 0.3) is 0 Å². The number of nitrogen functional groups attached to an aromatic ring is 1. The number of nitrogens with one attached hydrogen (secondary N) is 1. The Hall–Kier alpha value is -1.85. The Morgan fingerprint density at radius 1 is 1.28 bits per heavy atom. The number of nitrogens with zero attached hydrogens (tertiary/aromatic N) is 2. The molecule has 0 saturated heterocycles. The van der Waals surface area contributed by atoms with Gasteiger partial charge in [-0.3, -0.25) is 0 Å². The van der Waals surface area contributed by atoms with E-state index in [1.54, 1.807) is 6.07 Å². The molecule has 6 heteroatoms. The zero-order chi connectivity index (χ0) is 13.1. The van der Waals surface area contributed by atoms with Crippen LogP contribution in [0.2, 0.25) is 5.02 Å². The van der Waals surface area contributed by atoms with Gasteiger partial charge in [0.25, 0.3) is 0 Å². The summed E-state index contributed by atoms with van der Waals surface area (Å²) >= 11 is 6.10. The van der Waals surface area contributed by atoms with Gasteiger partial charge in [-0.1, -0.05) is 17.7 Å². The maximum absolute atomic E-state index is 6.10. The molecule has 0 bridgehead atoms. The number of hydrazine groups is 1. The second-order valence-corrected chi connectivity index (χ2v) is 4.24. The van der Waals surface area contributed by atoms with Crippen LogP contribution in [0.3, 0.4) is 0 Å². The van der Waals surface area contributed by atoms with Crippen LogP contribution < -0.4 is 16.0 Å². The van der Waals surface area contributed by atoms with Gasteiger partial charge in [-0.25, -0.2) is 15.8 Å². The number of rotatable bonds is 3. The Labute approximate surface area is 110 Å². The molecule has 1 aromatic heterocycles. The molecule has 1 aromatic carbocycles. The summed E-state index contributed by atoms with van der Waals surface area (Å²) in [5.74, 6) is 6.83. The molecule has 0 aliphatic carbocycles. The second-order valence-electron chi connectivity index (χ2n) is 3.83. The van der Waals surface area contributed by atoms with E-state index in [0.29, 0.717) is 22.5 Å². The van der Waals surface area contributed by atoms with Crippen LogP contribution >= 0.6 is 11.6 Å². The third kappa shape index (κ3) is 2.52. The third-order valence-electron chi connectivity index (χ3n) is 2.47. The fraction of sp³-hybridized carbons (Fsp3) is 0.167. The number of nitrogens with two attached hydrogens (primary N) is 1. The number of halogens is 1. The summed E-state index contributed by atoms with van der Waals surface area (Å²) in [6.07, 6.45) is 1.37. The lowest BCUT2D eigenvalue weighted by molar-refractivity contribution is 0.458. The average Bonchev–Trinajstić information content (AvgIpc) is 2.35. The minimum Gasteiger partial charge on any atom is -0.437 e. The highest BCUT2D eigenvalue weighted by Gasteiger charge is 2.10. The largest absolute Gasteiger partial charge is 0.437 e. The van der Waals surface area contributed by atoms with Gasteiger partial charge in [-0.2, -0.15) is 0 Å². The molecule has 0 aliphatic rings. The maximum atomic E-state index is 6.10. The number of benzene rings is 1. The minimum atomic E-state index is 0.420. The predicted octanol–water partition coefficient (Wildman–Crippen LogP) is 2.82. The van der Waals surface area contributed by atoms with Crippen LogP contribution in [0.4, 0.5) is 5.82 Å². The fourth-order valence-electron chi connectivity index (χ4n) is 1.48. The van der Waals surface area contributed by atoms with Gasteiger partial charge in [0.05, 0.1) is 10.6 Å². The van der Waals surface area contributed by atoms with Gasteiger partial charge in [0, 0.05) is 0 Å². The number of aromatic nitrogens is 2. The number of anilines is 1. The molecule has 1 heterocycles. The van der Waals surface area contributed by atoms with Gasteiger partial charge in [0.2, 0.25) is 5.88 Å². The van der Waals surface area contributed by atoms with Crippen molar-refractivity contribution >= 4 is 17.4 Å². The summed E-state index contributed by atoms with van der Waals surface area (Å²) in [6, 6.07) is 5.55. The lowest BCUT2D eigenvalue weighted by atomic mass is 10.2. The zero-order valence-electron chi connectivity index (χ0n) is 10.1. The molecule has 2 rings (SSSR count). The second kappa shape index (κ2) is 5.20. The van der Waals surface area contributed by atoms with Gasteiger partial charge in [0.15, 0.2) is 0 Å². The van der Waals surface area contributed by atoms with Crippen molar-refractivity contribution in [3.63, 3.8) is 0 Å². The molecule has 0 radical (unpaired) electrons. The first-order valence-corrected chi connectivity index (χ1v) is 5.72. The Kier molecular flexibility index (Phi) is 3.64. The van der Waals surface area contributed by atoms with Crippen molar-refractivity contribution in [3.05, 3.63) is 40.7 Å². The monoisotopic (exact) mass is 264 g/mol. The molecule has 5 nitrogen and oxygen atoms in total. The summed E-state index contributed by atoms with van der Waals surface area (Å²) in [7, 11) is 0. The Morgan fingerprint density at radius 3 is 2.72 bits per heavy atom. The highest BCUT2D eigenvalue weighted by molar-refractivity contribution is 6.32. The van der Waals surface area contributed by atoms with Crippen molar-refractivity contribution in [2.75, 3.05) is 5.43 Å². The van der Waals surface area contributed by atoms with E-state index in [2.05, 4.69) is 15.4 Å². The van der Waals surface area contributed by atoms with Gasteiger partial charge in [0.1, 0.15) is 17.9 Å². The van der Waals surface area contributed by atoms with E-state index in [1.807, 2.05) is 26.0 Å². The zero-order valence-corrected chi connectivity index (χ0v) is 10.8. The summed E-state index contributed by atoms with van der Waals surface area (Å²) < 4.78 is 5.66. The molecular formula is C12H13ClN4O. The quantitative estimate of drug-likeness (QED) is 0.659. The van der Waals surface area contributed by atoms with Crippen molar-refractivity contribution < 1.29 is 4.74 Å². The fourth-order valence-corrected chi connectivity index (χ4v) is 1.75. The topological polar surface area (TPSA) is 73.1 Å². The van der Waals surface area contributed by atoms with E-state index >= 15 is 0 Å².